The lowest BCUT2D eigenvalue weighted by Crippen LogP contribution is -2.39. The van der Waals surface area contributed by atoms with Crippen LogP contribution in [0.4, 0.5) is 0 Å². The monoisotopic (exact) mass is 267 g/mol. The summed E-state index contributed by atoms with van der Waals surface area (Å²) in [4.78, 5) is 13.9. The average molecular weight is 267 g/mol. The molecule has 0 radical (unpaired) electrons. The summed E-state index contributed by atoms with van der Waals surface area (Å²) < 4.78 is 9.97. The van der Waals surface area contributed by atoms with E-state index in [-0.39, 0.29) is 5.91 Å². The van der Waals surface area contributed by atoms with Gasteiger partial charge < -0.3 is 19.5 Å². The highest BCUT2D eigenvalue weighted by atomic mass is 16.5. The molecule has 6 nitrogen and oxygen atoms in total. The number of nitrogens with one attached hydrogen (secondary N) is 1. The predicted octanol–water partition coefficient (Wildman–Crippen LogP) is 0.893. The van der Waals surface area contributed by atoms with Crippen LogP contribution >= 0.6 is 0 Å². The van der Waals surface area contributed by atoms with Crippen LogP contribution in [0.2, 0.25) is 0 Å². The maximum absolute atomic E-state index is 12.2. The van der Waals surface area contributed by atoms with Crippen LogP contribution < -0.4 is 5.32 Å². The van der Waals surface area contributed by atoms with Crippen molar-refractivity contribution in [2.24, 2.45) is 5.92 Å². The quantitative estimate of drug-likeness (QED) is 0.858. The van der Waals surface area contributed by atoms with Crippen molar-refractivity contribution in [3.63, 3.8) is 0 Å². The van der Waals surface area contributed by atoms with Gasteiger partial charge in [0.15, 0.2) is 11.5 Å². The number of ether oxygens (including phenoxy) is 1. The predicted molar refractivity (Wildman–Crippen MR) is 69.8 cm³/mol. The summed E-state index contributed by atoms with van der Waals surface area (Å²) in [5.41, 5.74) is 0.346. The van der Waals surface area contributed by atoms with Crippen molar-refractivity contribution in [1.29, 1.82) is 0 Å². The molecule has 1 unspecified atom stereocenters. The third-order valence-electron chi connectivity index (χ3n) is 3.34. The lowest BCUT2D eigenvalue weighted by molar-refractivity contribution is 0.0754. The van der Waals surface area contributed by atoms with Crippen LogP contribution in [0.25, 0.3) is 0 Å². The molecule has 1 aliphatic heterocycles. The Morgan fingerprint density at radius 2 is 2.53 bits per heavy atom. The lowest BCUT2D eigenvalue weighted by Gasteiger charge is -2.27. The number of methoxy groups -OCH3 is 1. The Kier molecular flexibility index (Phi) is 4.93. The van der Waals surface area contributed by atoms with E-state index in [1.54, 1.807) is 18.1 Å². The third kappa shape index (κ3) is 3.78. The first kappa shape index (κ1) is 14.0. The molecule has 0 spiro atoms. The number of hydrogen-bond acceptors (Lipinski definition) is 5. The fourth-order valence-corrected chi connectivity index (χ4v) is 2.37. The number of rotatable bonds is 5. The molecule has 1 amide bonds. The first-order valence-corrected chi connectivity index (χ1v) is 6.61. The highest BCUT2D eigenvalue weighted by molar-refractivity contribution is 5.92. The van der Waals surface area contributed by atoms with Gasteiger partial charge in [-0.05, 0) is 31.8 Å². The maximum atomic E-state index is 12.2. The van der Waals surface area contributed by atoms with Crippen LogP contribution in [0.3, 0.4) is 0 Å². The second-order valence-electron chi connectivity index (χ2n) is 5.01. The summed E-state index contributed by atoms with van der Waals surface area (Å²) in [6, 6.07) is 1.64. The minimum absolute atomic E-state index is 0.100. The molecule has 0 aliphatic carbocycles. The second kappa shape index (κ2) is 6.68. The molecule has 0 bridgehead atoms. The van der Waals surface area contributed by atoms with Gasteiger partial charge in [0.05, 0.1) is 0 Å². The largest absolute Gasteiger partial charge is 0.377 e. The van der Waals surface area contributed by atoms with Crippen molar-refractivity contribution >= 4 is 5.91 Å². The molecule has 19 heavy (non-hydrogen) atoms. The molecule has 6 heteroatoms. The van der Waals surface area contributed by atoms with Gasteiger partial charge in [-0.15, -0.1) is 0 Å². The molecule has 2 heterocycles. The molecular formula is C13H21N3O3. The van der Waals surface area contributed by atoms with Crippen LogP contribution in [0.5, 0.6) is 0 Å². The first-order valence-electron chi connectivity index (χ1n) is 6.61. The normalized spacial score (nSPS) is 19.4. The van der Waals surface area contributed by atoms with Crippen LogP contribution in [0, 0.1) is 5.92 Å². The molecule has 1 aromatic heterocycles. The molecule has 1 fully saturated rings. The van der Waals surface area contributed by atoms with Crippen molar-refractivity contribution < 1.29 is 14.1 Å². The molecule has 1 aliphatic rings. The van der Waals surface area contributed by atoms with Gasteiger partial charge in [0, 0.05) is 26.8 Å². The van der Waals surface area contributed by atoms with E-state index in [4.69, 9.17) is 9.26 Å². The highest BCUT2D eigenvalue weighted by Crippen LogP contribution is 2.13. The van der Waals surface area contributed by atoms with Gasteiger partial charge in [0.25, 0.3) is 5.91 Å². The summed E-state index contributed by atoms with van der Waals surface area (Å²) in [7, 11) is 3.38. The Balaban J connectivity index is 1.89. The van der Waals surface area contributed by atoms with Gasteiger partial charge in [-0.3, -0.25) is 4.79 Å². The minimum atomic E-state index is -0.100. The third-order valence-corrected chi connectivity index (χ3v) is 3.34. The second-order valence-corrected chi connectivity index (χ2v) is 5.01. The Bertz CT molecular complexity index is 413. The number of nitrogens with zero attached hydrogens (tertiary/aromatic N) is 2. The number of aromatic nitrogens is 1. The zero-order valence-electron chi connectivity index (χ0n) is 11.5. The Hall–Kier alpha value is -1.40. The summed E-state index contributed by atoms with van der Waals surface area (Å²) in [5, 5.41) is 7.14. The van der Waals surface area contributed by atoms with Crippen molar-refractivity contribution in [1.82, 2.24) is 15.4 Å². The van der Waals surface area contributed by atoms with E-state index in [9.17, 15) is 4.79 Å². The van der Waals surface area contributed by atoms with Crippen molar-refractivity contribution in [2.75, 3.05) is 33.8 Å². The van der Waals surface area contributed by atoms with Gasteiger partial charge in [0.2, 0.25) is 0 Å². The Morgan fingerprint density at radius 3 is 3.21 bits per heavy atom. The molecule has 0 saturated carbocycles. The van der Waals surface area contributed by atoms with E-state index in [1.807, 2.05) is 7.05 Å². The number of carbonyl (C=O) groups excluding carboxylic acids is 1. The van der Waals surface area contributed by atoms with Gasteiger partial charge in [-0.2, -0.15) is 0 Å². The van der Waals surface area contributed by atoms with Crippen molar-refractivity contribution in [2.45, 2.75) is 19.4 Å². The fraction of sp³-hybridized carbons (Fsp3) is 0.692. The van der Waals surface area contributed by atoms with Crippen LogP contribution in [0.1, 0.15) is 29.1 Å². The zero-order valence-corrected chi connectivity index (χ0v) is 11.5. The molecule has 1 saturated heterocycles. The standard InChI is InChI=1S/C13H21N3O3/c1-16(8-10-4-3-5-14-7-10)13(17)12-6-11(9-18-2)19-15-12/h6,10,14H,3-5,7-9H2,1-2H3. The number of amides is 1. The fourth-order valence-electron chi connectivity index (χ4n) is 2.37. The zero-order chi connectivity index (χ0) is 13.7. The minimum Gasteiger partial charge on any atom is -0.377 e. The lowest BCUT2D eigenvalue weighted by atomic mass is 9.99. The van der Waals surface area contributed by atoms with E-state index in [1.165, 1.54) is 12.8 Å². The van der Waals surface area contributed by atoms with Crippen molar-refractivity contribution in [3.05, 3.63) is 17.5 Å². The summed E-state index contributed by atoms with van der Waals surface area (Å²) in [6.07, 6.45) is 2.34. The maximum Gasteiger partial charge on any atom is 0.275 e. The smallest absolute Gasteiger partial charge is 0.275 e. The molecule has 1 aromatic rings. The molecule has 0 aromatic carbocycles. The number of carbonyl (C=O) groups is 1. The average Bonchev–Trinajstić information content (AvgIpc) is 2.88. The molecule has 106 valence electrons. The van der Waals surface area contributed by atoms with E-state index in [0.29, 0.717) is 24.0 Å². The summed E-state index contributed by atoms with van der Waals surface area (Å²) in [6.45, 7) is 3.14. The van der Waals surface area contributed by atoms with E-state index in [2.05, 4.69) is 10.5 Å². The molecule has 1 N–H and O–H groups in total. The number of piperidine rings is 1. The van der Waals surface area contributed by atoms with Crippen LogP contribution in [-0.2, 0) is 11.3 Å². The SMILES string of the molecule is COCc1cc(C(=O)N(C)CC2CCCNC2)no1. The summed E-state index contributed by atoms with van der Waals surface area (Å²) >= 11 is 0. The van der Waals surface area contributed by atoms with Gasteiger partial charge in [-0.1, -0.05) is 5.16 Å². The Labute approximate surface area is 113 Å². The van der Waals surface area contributed by atoms with E-state index >= 15 is 0 Å². The van der Waals surface area contributed by atoms with Crippen LogP contribution in [-0.4, -0.2) is 49.8 Å². The molecule has 1 atom stereocenters. The number of hydrogen-bond donors (Lipinski definition) is 1. The molecule has 2 rings (SSSR count). The summed E-state index contributed by atoms with van der Waals surface area (Å²) in [5.74, 6) is 0.989. The van der Waals surface area contributed by atoms with Gasteiger partial charge in [0.1, 0.15) is 6.61 Å². The van der Waals surface area contributed by atoms with Crippen LogP contribution in [0.15, 0.2) is 10.6 Å². The van der Waals surface area contributed by atoms with E-state index < -0.39 is 0 Å². The van der Waals surface area contributed by atoms with E-state index in [0.717, 1.165) is 19.6 Å². The topological polar surface area (TPSA) is 67.6 Å². The van der Waals surface area contributed by atoms with Crippen molar-refractivity contribution in [3.8, 4) is 0 Å². The van der Waals surface area contributed by atoms with Gasteiger partial charge in [-0.25, -0.2) is 0 Å². The Morgan fingerprint density at radius 1 is 1.68 bits per heavy atom. The first-order chi connectivity index (χ1) is 9.20. The van der Waals surface area contributed by atoms with Gasteiger partial charge >= 0.3 is 0 Å². The highest BCUT2D eigenvalue weighted by Gasteiger charge is 2.21. The molecular weight excluding hydrogens is 246 g/mol.